The van der Waals surface area contributed by atoms with Crippen LogP contribution in [-0.2, 0) is 14.0 Å². The van der Waals surface area contributed by atoms with E-state index in [9.17, 15) is 4.79 Å². The van der Waals surface area contributed by atoms with Gasteiger partial charge in [-0.2, -0.15) is 0 Å². The first-order valence-electron chi connectivity index (χ1n) is 6.83. The molecule has 1 aromatic carbocycles. The van der Waals surface area contributed by atoms with E-state index in [1.54, 1.807) is 6.07 Å². The zero-order valence-electron chi connectivity index (χ0n) is 13.2. The largest absolute Gasteiger partial charge is 0.494 e. The van der Waals surface area contributed by atoms with Crippen LogP contribution in [-0.4, -0.2) is 31.4 Å². The molecule has 0 radical (unpaired) electrons. The van der Waals surface area contributed by atoms with Gasteiger partial charge < -0.3 is 14.0 Å². The summed E-state index contributed by atoms with van der Waals surface area (Å²) in [5.74, 6) is -0.344. The molecule has 0 saturated carbocycles. The highest BCUT2D eigenvalue weighted by Gasteiger charge is 2.51. The van der Waals surface area contributed by atoms with Crippen molar-refractivity contribution in [1.82, 2.24) is 0 Å². The van der Waals surface area contributed by atoms with Gasteiger partial charge in [0.2, 0.25) is 0 Å². The summed E-state index contributed by atoms with van der Waals surface area (Å²) in [5, 5.41) is 0. The Morgan fingerprint density at radius 2 is 1.71 bits per heavy atom. The van der Waals surface area contributed by atoms with Gasteiger partial charge in [-0.05, 0) is 80.4 Å². The predicted octanol–water partition coefficient (Wildman–Crippen LogP) is 2.69. The van der Waals surface area contributed by atoms with Gasteiger partial charge in [-0.1, -0.05) is 0 Å². The number of esters is 1. The van der Waals surface area contributed by atoms with Gasteiger partial charge in [0, 0.05) is 3.57 Å². The summed E-state index contributed by atoms with van der Waals surface area (Å²) >= 11 is 2.21. The smallest absolute Gasteiger partial charge is 0.465 e. The Kier molecular flexibility index (Phi) is 4.43. The standard InChI is InChI=1S/C15H20BIO4/c1-9-11(13(18)19-6)7-10(8-12(9)17)16-20-14(2,3)15(4,5)21-16/h7-8H,1-6H3. The molecule has 6 heteroatoms. The van der Waals surface area contributed by atoms with Crippen molar-refractivity contribution in [3.8, 4) is 0 Å². The van der Waals surface area contributed by atoms with Gasteiger partial charge in [0.1, 0.15) is 0 Å². The minimum Gasteiger partial charge on any atom is -0.465 e. The van der Waals surface area contributed by atoms with Crippen molar-refractivity contribution in [2.75, 3.05) is 7.11 Å². The van der Waals surface area contributed by atoms with E-state index >= 15 is 0 Å². The molecule has 1 aliphatic rings. The van der Waals surface area contributed by atoms with Crippen LogP contribution in [0.4, 0.5) is 0 Å². The lowest BCUT2D eigenvalue weighted by molar-refractivity contribution is 0.00578. The number of halogens is 1. The molecule has 1 aliphatic heterocycles. The molecule has 1 heterocycles. The first-order chi connectivity index (χ1) is 9.59. The number of rotatable bonds is 2. The van der Waals surface area contributed by atoms with E-state index in [0.717, 1.165) is 14.6 Å². The summed E-state index contributed by atoms with van der Waals surface area (Å²) in [7, 11) is 0.906. The van der Waals surface area contributed by atoms with E-state index in [1.165, 1.54) is 7.11 Å². The van der Waals surface area contributed by atoms with Crippen LogP contribution in [0.3, 0.4) is 0 Å². The SMILES string of the molecule is COC(=O)c1cc(B2OC(C)(C)C(C)(C)O2)cc(I)c1C. The quantitative estimate of drug-likeness (QED) is 0.434. The highest BCUT2D eigenvalue weighted by atomic mass is 127. The molecule has 1 aromatic rings. The molecule has 1 fully saturated rings. The monoisotopic (exact) mass is 402 g/mol. The summed E-state index contributed by atoms with van der Waals surface area (Å²) in [5.41, 5.74) is 1.49. The summed E-state index contributed by atoms with van der Waals surface area (Å²) < 4.78 is 17.9. The van der Waals surface area contributed by atoms with Gasteiger partial charge in [-0.3, -0.25) is 0 Å². The number of benzene rings is 1. The Balaban J connectivity index is 2.43. The third-order valence-electron chi connectivity index (χ3n) is 4.30. The molecule has 0 N–H and O–H groups in total. The Labute approximate surface area is 139 Å². The highest BCUT2D eigenvalue weighted by molar-refractivity contribution is 14.1. The number of carbonyl (C=O) groups excluding carboxylic acids is 1. The van der Waals surface area contributed by atoms with Gasteiger partial charge in [-0.15, -0.1) is 0 Å². The van der Waals surface area contributed by atoms with E-state index in [4.69, 9.17) is 14.0 Å². The zero-order chi connectivity index (χ0) is 16.0. The van der Waals surface area contributed by atoms with Crippen LogP contribution in [0.2, 0.25) is 0 Å². The van der Waals surface area contributed by atoms with E-state index < -0.39 is 18.3 Å². The van der Waals surface area contributed by atoms with Gasteiger partial charge in [0.25, 0.3) is 0 Å². The number of hydrogen-bond acceptors (Lipinski definition) is 4. The normalized spacial score (nSPS) is 19.7. The first kappa shape index (κ1) is 16.8. The molecule has 0 bridgehead atoms. The Morgan fingerprint density at radius 1 is 1.19 bits per heavy atom. The lowest BCUT2D eigenvalue weighted by Crippen LogP contribution is -2.41. The van der Waals surface area contributed by atoms with Crippen molar-refractivity contribution in [1.29, 1.82) is 0 Å². The minimum atomic E-state index is -0.479. The molecule has 0 unspecified atom stereocenters. The van der Waals surface area contributed by atoms with Crippen molar-refractivity contribution in [2.45, 2.75) is 45.8 Å². The highest BCUT2D eigenvalue weighted by Crippen LogP contribution is 2.36. The molecular weight excluding hydrogens is 382 g/mol. The second-order valence-corrected chi connectivity index (χ2v) is 7.42. The molecule has 0 aliphatic carbocycles. The molecule has 0 amide bonds. The van der Waals surface area contributed by atoms with Crippen LogP contribution in [0.15, 0.2) is 12.1 Å². The number of methoxy groups -OCH3 is 1. The van der Waals surface area contributed by atoms with E-state index in [0.29, 0.717) is 5.56 Å². The maximum Gasteiger partial charge on any atom is 0.494 e. The average molecular weight is 402 g/mol. The third-order valence-corrected chi connectivity index (χ3v) is 5.42. The molecular formula is C15H20BIO4. The molecule has 0 spiro atoms. The van der Waals surface area contributed by atoms with Crippen molar-refractivity contribution in [3.63, 3.8) is 0 Å². The number of hydrogen-bond donors (Lipinski definition) is 0. The molecule has 4 nitrogen and oxygen atoms in total. The maximum absolute atomic E-state index is 11.9. The van der Waals surface area contributed by atoms with E-state index in [2.05, 4.69) is 22.6 Å². The predicted molar refractivity (Wildman–Crippen MR) is 91.0 cm³/mol. The Morgan fingerprint density at radius 3 is 2.19 bits per heavy atom. The second-order valence-electron chi connectivity index (χ2n) is 6.26. The lowest BCUT2D eigenvalue weighted by atomic mass is 9.78. The Hall–Kier alpha value is -0.595. The van der Waals surface area contributed by atoms with Crippen molar-refractivity contribution in [3.05, 3.63) is 26.8 Å². The van der Waals surface area contributed by atoms with Gasteiger partial charge in [0.05, 0.1) is 23.9 Å². The summed E-state index contributed by atoms with van der Waals surface area (Å²) in [6.45, 7) is 9.93. The molecule has 2 rings (SSSR count). The third kappa shape index (κ3) is 2.98. The minimum absolute atomic E-state index is 0.344. The fraction of sp³-hybridized carbons (Fsp3) is 0.533. The number of ether oxygens (including phenoxy) is 1. The topological polar surface area (TPSA) is 44.8 Å². The maximum atomic E-state index is 11.9. The second kappa shape index (κ2) is 5.55. The van der Waals surface area contributed by atoms with Gasteiger partial charge in [-0.25, -0.2) is 4.79 Å². The number of carbonyl (C=O) groups is 1. The molecule has 1 saturated heterocycles. The molecule has 0 aromatic heterocycles. The Bertz CT molecular complexity index is 567. The fourth-order valence-electron chi connectivity index (χ4n) is 2.14. The van der Waals surface area contributed by atoms with Crippen LogP contribution in [0.25, 0.3) is 0 Å². The van der Waals surface area contributed by atoms with Gasteiger partial charge >= 0.3 is 13.1 Å². The summed E-state index contributed by atoms with van der Waals surface area (Å²) in [6, 6.07) is 3.79. The fourth-order valence-corrected chi connectivity index (χ4v) is 2.79. The van der Waals surface area contributed by atoms with Crippen LogP contribution in [0.1, 0.15) is 43.6 Å². The van der Waals surface area contributed by atoms with Crippen LogP contribution >= 0.6 is 22.6 Å². The summed E-state index contributed by atoms with van der Waals surface area (Å²) in [4.78, 5) is 11.9. The van der Waals surface area contributed by atoms with Crippen LogP contribution < -0.4 is 5.46 Å². The van der Waals surface area contributed by atoms with Crippen LogP contribution in [0, 0.1) is 10.5 Å². The molecule has 21 heavy (non-hydrogen) atoms. The average Bonchev–Trinajstić information content (AvgIpc) is 2.60. The van der Waals surface area contributed by atoms with E-state index in [1.807, 2.05) is 40.7 Å². The van der Waals surface area contributed by atoms with Crippen molar-refractivity contribution < 1.29 is 18.8 Å². The van der Waals surface area contributed by atoms with E-state index in [-0.39, 0.29) is 5.97 Å². The van der Waals surface area contributed by atoms with Crippen LogP contribution in [0.5, 0.6) is 0 Å². The van der Waals surface area contributed by atoms with Crippen molar-refractivity contribution >= 4 is 41.1 Å². The lowest BCUT2D eigenvalue weighted by Gasteiger charge is -2.32. The first-order valence-corrected chi connectivity index (χ1v) is 7.91. The molecule has 0 atom stereocenters. The molecule has 114 valence electrons. The summed E-state index contributed by atoms with van der Waals surface area (Å²) in [6.07, 6.45) is 0. The zero-order valence-corrected chi connectivity index (χ0v) is 15.4. The van der Waals surface area contributed by atoms with Gasteiger partial charge in [0.15, 0.2) is 0 Å². The van der Waals surface area contributed by atoms with Crippen molar-refractivity contribution in [2.24, 2.45) is 0 Å².